The molecule has 2 heterocycles. The van der Waals surface area contributed by atoms with E-state index in [0.717, 1.165) is 24.6 Å². The number of carboxylic acid groups (broad SMARTS) is 1. The Bertz CT molecular complexity index is 637. The van der Waals surface area contributed by atoms with Crippen LogP contribution >= 0.6 is 0 Å². The van der Waals surface area contributed by atoms with Crippen LogP contribution in [0.1, 0.15) is 16.2 Å². The fraction of sp³-hybridized carbons (Fsp3) is 0.250. The maximum Gasteiger partial charge on any atom is 0.335 e. The molecule has 0 saturated carbocycles. The van der Waals surface area contributed by atoms with Gasteiger partial charge in [0.05, 0.1) is 23.5 Å². The minimum Gasteiger partial charge on any atom is -0.478 e. The third-order valence-electron chi connectivity index (χ3n) is 3.25. The molecular weight excluding hydrogens is 246 g/mol. The van der Waals surface area contributed by atoms with E-state index in [2.05, 4.69) is 15.1 Å². The lowest BCUT2D eigenvalue weighted by molar-refractivity contribution is 0.0697. The number of nitrogen functional groups attached to an aromatic ring is 1. The third-order valence-corrected chi connectivity index (χ3v) is 3.25. The maximum absolute atomic E-state index is 10.9. The average molecular weight is 259 g/mol. The number of aromatic carboxylic acids is 1. The van der Waals surface area contributed by atoms with Crippen LogP contribution in [0.3, 0.4) is 0 Å². The zero-order chi connectivity index (χ0) is 13.4. The van der Waals surface area contributed by atoms with Crippen molar-refractivity contribution in [3.05, 3.63) is 35.9 Å². The highest BCUT2D eigenvalue weighted by Gasteiger charge is 2.19. The number of fused-ring (bicyclic) bond motifs is 1. The Labute approximate surface area is 109 Å². The minimum atomic E-state index is -0.975. The van der Waals surface area contributed by atoms with Crippen LogP contribution < -0.4 is 10.6 Å². The van der Waals surface area contributed by atoms with E-state index in [4.69, 9.17) is 10.8 Å². The van der Waals surface area contributed by atoms with Gasteiger partial charge in [0.15, 0.2) is 5.82 Å². The Balaban J connectivity index is 1.90. The summed E-state index contributed by atoms with van der Waals surface area (Å²) >= 11 is 0. The third kappa shape index (κ3) is 1.99. The molecule has 1 aromatic heterocycles. The van der Waals surface area contributed by atoms with Crippen LogP contribution in [0.25, 0.3) is 0 Å². The van der Waals surface area contributed by atoms with E-state index in [9.17, 15) is 4.79 Å². The average Bonchev–Trinajstić information content (AvgIpc) is 2.85. The van der Waals surface area contributed by atoms with Crippen molar-refractivity contribution in [1.82, 2.24) is 14.8 Å². The van der Waals surface area contributed by atoms with Gasteiger partial charge in [0.2, 0.25) is 0 Å². The summed E-state index contributed by atoms with van der Waals surface area (Å²) < 4.78 is 2.00. The zero-order valence-electron chi connectivity index (χ0n) is 10.2. The number of hydrogen-bond donors (Lipinski definition) is 2. The highest BCUT2D eigenvalue weighted by Crippen LogP contribution is 2.27. The molecule has 0 amide bonds. The van der Waals surface area contributed by atoms with Crippen molar-refractivity contribution in [2.24, 2.45) is 0 Å². The summed E-state index contributed by atoms with van der Waals surface area (Å²) in [5.74, 6) is -0.0930. The van der Waals surface area contributed by atoms with Crippen LogP contribution in [-0.2, 0) is 13.1 Å². The van der Waals surface area contributed by atoms with Gasteiger partial charge in [-0.3, -0.25) is 0 Å². The van der Waals surface area contributed by atoms with E-state index in [1.807, 2.05) is 4.57 Å². The second kappa shape index (κ2) is 4.27. The summed E-state index contributed by atoms with van der Waals surface area (Å²) in [5.41, 5.74) is 7.43. The molecule has 0 aliphatic carbocycles. The molecule has 0 bridgehead atoms. The van der Waals surface area contributed by atoms with Gasteiger partial charge in [-0.05, 0) is 18.2 Å². The summed E-state index contributed by atoms with van der Waals surface area (Å²) in [4.78, 5) is 13.0. The number of aromatic nitrogens is 3. The summed E-state index contributed by atoms with van der Waals surface area (Å²) in [7, 11) is 0. The normalized spacial score (nSPS) is 14.2. The standard InChI is InChI=1S/C12H13N5O2/c13-9-5-8(12(18)19)1-2-10(9)16-3-4-17-7-14-15-11(17)6-16/h1-2,5,7H,3-4,6,13H2,(H,18,19). The maximum atomic E-state index is 10.9. The molecule has 0 radical (unpaired) electrons. The summed E-state index contributed by atoms with van der Waals surface area (Å²) in [5, 5.41) is 16.8. The Morgan fingerprint density at radius 3 is 2.95 bits per heavy atom. The Kier molecular flexibility index (Phi) is 2.59. The number of carbonyl (C=O) groups is 1. The van der Waals surface area contributed by atoms with Gasteiger partial charge in [-0.2, -0.15) is 0 Å². The number of nitrogens with zero attached hydrogens (tertiary/aromatic N) is 4. The number of rotatable bonds is 2. The monoisotopic (exact) mass is 259 g/mol. The molecule has 98 valence electrons. The van der Waals surface area contributed by atoms with E-state index in [1.54, 1.807) is 18.5 Å². The summed E-state index contributed by atoms with van der Waals surface area (Å²) in [6, 6.07) is 4.79. The molecule has 7 nitrogen and oxygen atoms in total. The number of anilines is 2. The van der Waals surface area contributed by atoms with Crippen molar-refractivity contribution in [1.29, 1.82) is 0 Å². The fourth-order valence-electron chi connectivity index (χ4n) is 2.25. The zero-order valence-corrected chi connectivity index (χ0v) is 10.2. The lowest BCUT2D eigenvalue weighted by Gasteiger charge is -2.30. The van der Waals surface area contributed by atoms with E-state index in [-0.39, 0.29) is 5.56 Å². The van der Waals surface area contributed by atoms with Gasteiger partial charge in [0, 0.05) is 13.1 Å². The van der Waals surface area contributed by atoms with Crippen LogP contribution in [0, 0.1) is 0 Å². The van der Waals surface area contributed by atoms with Gasteiger partial charge >= 0.3 is 5.97 Å². The highest BCUT2D eigenvalue weighted by molar-refractivity contribution is 5.90. The van der Waals surface area contributed by atoms with Gasteiger partial charge in [-0.15, -0.1) is 10.2 Å². The second-order valence-corrected chi connectivity index (χ2v) is 4.44. The van der Waals surface area contributed by atoms with Crippen LogP contribution in [0.15, 0.2) is 24.5 Å². The van der Waals surface area contributed by atoms with Crippen molar-refractivity contribution in [2.45, 2.75) is 13.1 Å². The topological polar surface area (TPSA) is 97.3 Å². The van der Waals surface area contributed by atoms with Crippen LogP contribution in [-0.4, -0.2) is 32.4 Å². The van der Waals surface area contributed by atoms with Crippen molar-refractivity contribution >= 4 is 17.3 Å². The SMILES string of the molecule is Nc1cc(C(=O)O)ccc1N1CCn2cnnc2C1. The minimum absolute atomic E-state index is 0.196. The van der Waals surface area contributed by atoms with Gasteiger partial charge in [-0.25, -0.2) is 4.79 Å². The first-order valence-electron chi connectivity index (χ1n) is 5.89. The molecule has 7 heteroatoms. The molecule has 3 N–H and O–H groups in total. The molecule has 0 spiro atoms. The smallest absolute Gasteiger partial charge is 0.335 e. The number of benzene rings is 1. The number of hydrogen-bond acceptors (Lipinski definition) is 5. The molecule has 2 aromatic rings. The number of carboxylic acids is 1. The summed E-state index contributed by atoms with van der Waals surface area (Å²) in [6.07, 6.45) is 1.71. The van der Waals surface area contributed by atoms with Crippen LogP contribution in [0.4, 0.5) is 11.4 Å². The van der Waals surface area contributed by atoms with Gasteiger partial charge in [-0.1, -0.05) is 0 Å². The largest absolute Gasteiger partial charge is 0.478 e. The molecular formula is C12H13N5O2. The Morgan fingerprint density at radius 1 is 1.37 bits per heavy atom. The van der Waals surface area contributed by atoms with Gasteiger partial charge in [0.25, 0.3) is 0 Å². The van der Waals surface area contributed by atoms with Crippen molar-refractivity contribution in [3.63, 3.8) is 0 Å². The fourth-order valence-corrected chi connectivity index (χ4v) is 2.25. The quantitative estimate of drug-likeness (QED) is 0.766. The van der Waals surface area contributed by atoms with Crippen LogP contribution in [0.2, 0.25) is 0 Å². The van der Waals surface area contributed by atoms with Gasteiger partial charge in [0.1, 0.15) is 6.33 Å². The molecule has 0 unspecified atom stereocenters. The van der Waals surface area contributed by atoms with Crippen LogP contribution in [0.5, 0.6) is 0 Å². The first-order chi connectivity index (χ1) is 9.15. The van der Waals surface area contributed by atoms with Gasteiger partial charge < -0.3 is 20.3 Å². The molecule has 0 fully saturated rings. The molecule has 0 saturated heterocycles. The number of nitrogens with two attached hydrogens (primary N) is 1. The Morgan fingerprint density at radius 2 is 2.21 bits per heavy atom. The molecule has 3 rings (SSSR count). The molecule has 0 atom stereocenters. The van der Waals surface area contributed by atoms with E-state index in [1.165, 1.54) is 6.07 Å². The second-order valence-electron chi connectivity index (χ2n) is 4.44. The predicted molar refractivity (Wildman–Crippen MR) is 68.9 cm³/mol. The van der Waals surface area contributed by atoms with E-state index < -0.39 is 5.97 Å². The molecule has 1 aromatic carbocycles. The highest BCUT2D eigenvalue weighted by atomic mass is 16.4. The van der Waals surface area contributed by atoms with Crippen molar-refractivity contribution in [2.75, 3.05) is 17.2 Å². The van der Waals surface area contributed by atoms with E-state index in [0.29, 0.717) is 12.2 Å². The predicted octanol–water partition coefficient (Wildman–Crippen LogP) is 0.579. The lowest BCUT2D eigenvalue weighted by atomic mass is 10.1. The Hall–Kier alpha value is -2.57. The lowest BCUT2D eigenvalue weighted by Crippen LogP contribution is -2.34. The first-order valence-corrected chi connectivity index (χ1v) is 5.89. The van der Waals surface area contributed by atoms with Crippen molar-refractivity contribution < 1.29 is 9.90 Å². The van der Waals surface area contributed by atoms with Crippen molar-refractivity contribution in [3.8, 4) is 0 Å². The summed E-state index contributed by atoms with van der Waals surface area (Å²) in [6.45, 7) is 2.21. The molecule has 19 heavy (non-hydrogen) atoms. The molecule has 1 aliphatic rings. The first kappa shape index (κ1) is 11.5. The molecule has 1 aliphatic heterocycles. The van der Waals surface area contributed by atoms with E-state index >= 15 is 0 Å².